The molecule has 3 heterocycles. The summed E-state index contributed by atoms with van der Waals surface area (Å²) in [6.45, 7) is 3.78. The quantitative estimate of drug-likeness (QED) is 0.814. The maximum atomic E-state index is 12.7. The van der Waals surface area contributed by atoms with Crippen molar-refractivity contribution in [1.29, 1.82) is 0 Å². The summed E-state index contributed by atoms with van der Waals surface area (Å²) >= 11 is 0. The first-order valence-corrected chi connectivity index (χ1v) is 8.42. The molecule has 2 fully saturated rings. The van der Waals surface area contributed by atoms with Crippen LogP contribution >= 0.6 is 0 Å². The number of imidazole rings is 1. The molecule has 0 radical (unpaired) electrons. The predicted octanol–water partition coefficient (Wildman–Crippen LogP) is 0.181. The smallest absolute Gasteiger partial charge is 0.309 e. The molecule has 8 heteroatoms. The van der Waals surface area contributed by atoms with Gasteiger partial charge in [-0.05, 0) is 12.8 Å². The van der Waals surface area contributed by atoms with Crippen LogP contribution in [-0.4, -0.2) is 76.1 Å². The molecular formula is C16H24N4O4. The van der Waals surface area contributed by atoms with E-state index >= 15 is 0 Å². The second-order valence-corrected chi connectivity index (χ2v) is 6.52. The Kier molecular flexibility index (Phi) is 5.47. The summed E-state index contributed by atoms with van der Waals surface area (Å²) in [5, 5.41) is 9.51. The summed E-state index contributed by atoms with van der Waals surface area (Å²) < 4.78 is 5.31. The highest BCUT2D eigenvalue weighted by Gasteiger charge is 2.33. The first-order valence-electron chi connectivity index (χ1n) is 8.42. The molecule has 1 amide bonds. The van der Waals surface area contributed by atoms with E-state index in [9.17, 15) is 14.7 Å². The molecule has 3 rings (SSSR count). The summed E-state index contributed by atoms with van der Waals surface area (Å²) in [5.41, 5.74) is 0.948. The maximum Gasteiger partial charge on any atom is 0.309 e. The van der Waals surface area contributed by atoms with Gasteiger partial charge in [0, 0.05) is 63.7 Å². The molecule has 8 nitrogen and oxygen atoms in total. The minimum Gasteiger partial charge on any atom is -0.481 e. The Hall–Kier alpha value is -1.93. The summed E-state index contributed by atoms with van der Waals surface area (Å²) in [7, 11) is 0. The molecule has 0 saturated carbocycles. The van der Waals surface area contributed by atoms with Crippen molar-refractivity contribution in [3.63, 3.8) is 0 Å². The number of ether oxygens (including phenoxy) is 1. The van der Waals surface area contributed by atoms with Crippen molar-refractivity contribution in [2.24, 2.45) is 11.8 Å². The number of amides is 1. The Balaban J connectivity index is 1.66. The van der Waals surface area contributed by atoms with E-state index in [0.29, 0.717) is 39.4 Å². The van der Waals surface area contributed by atoms with Gasteiger partial charge in [0.15, 0.2) is 0 Å². The van der Waals surface area contributed by atoms with Gasteiger partial charge in [0.25, 0.3) is 0 Å². The summed E-state index contributed by atoms with van der Waals surface area (Å²) in [6.07, 6.45) is 4.81. The molecule has 0 aliphatic carbocycles. The van der Waals surface area contributed by atoms with E-state index in [1.807, 2.05) is 0 Å². The fourth-order valence-corrected chi connectivity index (χ4v) is 3.39. The van der Waals surface area contributed by atoms with Crippen LogP contribution in [0.5, 0.6) is 0 Å². The van der Waals surface area contributed by atoms with Gasteiger partial charge in [-0.15, -0.1) is 0 Å². The molecule has 0 spiro atoms. The number of aromatic amines is 1. The number of hydrogen-bond donors (Lipinski definition) is 2. The van der Waals surface area contributed by atoms with E-state index in [4.69, 9.17) is 4.74 Å². The van der Waals surface area contributed by atoms with E-state index in [1.54, 1.807) is 17.4 Å². The van der Waals surface area contributed by atoms with Crippen LogP contribution in [0.1, 0.15) is 18.5 Å². The van der Waals surface area contributed by atoms with E-state index < -0.39 is 11.9 Å². The lowest BCUT2D eigenvalue weighted by molar-refractivity contribution is -0.145. The molecule has 2 aliphatic rings. The lowest BCUT2D eigenvalue weighted by Crippen LogP contribution is -2.42. The Morgan fingerprint density at radius 3 is 2.71 bits per heavy atom. The number of H-pyrrole nitrogens is 1. The summed E-state index contributed by atoms with van der Waals surface area (Å²) in [6, 6.07) is 0. The molecule has 2 aliphatic heterocycles. The fraction of sp³-hybridized carbons (Fsp3) is 0.688. The van der Waals surface area contributed by atoms with Crippen LogP contribution in [0, 0.1) is 11.8 Å². The maximum absolute atomic E-state index is 12.7. The van der Waals surface area contributed by atoms with Crippen LogP contribution in [0.25, 0.3) is 0 Å². The molecule has 132 valence electrons. The second-order valence-electron chi connectivity index (χ2n) is 6.52. The standard InChI is InChI=1S/C16H24N4O4/c21-15(12-1-5-24-6-2-12)20-4-3-19(8-13(9-20)16(22)23)10-14-7-17-11-18-14/h7,11-13H,1-6,8-10H2,(H,17,18)(H,22,23). The minimum atomic E-state index is -0.851. The Morgan fingerprint density at radius 1 is 1.25 bits per heavy atom. The second kappa shape index (κ2) is 7.76. The molecular weight excluding hydrogens is 312 g/mol. The van der Waals surface area contributed by atoms with Gasteiger partial charge in [0.1, 0.15) is 0 Å². The van der Waals surface area contributed by atoms with Crippen molar-refractivity contribution < 1.29 is 19.4 Å². The number of carbonyl (C=O) groups is 2. The minimum absolute atomic E-state index is 0.0349. The third-order valence-electron chi connectivity index (χ3n) is 4.79. The molecule has 0 bridgehead atoms. The van der Waals surface area contributed by atoms with Crippen LogP contribution in [0.4, 0.5) is 0 Å². The fourth-order valence-electron chi connectivity index (χ4n) is 3.39. The zero-order valence-corrected chi connectivity index (χ0v) is 13.7. The van der Waals surface area contributed by atoms with E-state index in [0.717, 1.165) is 18.5 Å². The average molecular weight is 336 g/mol. The monoisotopic (exact) mass is 336 g/mol. The van der Waals surface area contributed by atoms with Gasteiger partial charge in [0.05, 0.1) is 12.2 Å². The topological polar surface area (TPSA) is 98.8 Å². The predicted molar refractivity (Wildman–Crippen MR) is 85.1 cm³/mol. The number of carboxylic acids is 1. The van der Waals surface area contributed by atoms with Gasteiger partial charge in [-0.25, -0.2) is 4.98 Å². The van der Waals surface area contributed by atoms with Crippen molar-refractivity contribution in [2.75, 3.05) is 39.4 Å². The molecule has 1 atom stereocenters. The van der Waals surface area contributed by atoms with Gasteiger partial charge in [-0.1, -0.05) is 0 Å². The SMILES string of the molecule is O=C(O)C1CN(Cc2cnc[nH]2)CCN(C(=O)C2CCOCC2)C1. The third kappa shape index (κ3) is 4.12. The highest BCUT2D eigenvalue weighted by molar-refractivity contribution is 5.80. The van der Waals surface area contributed by atoms with Crippen molar-refractivity contribution in [3.8, 4) is 0 Å². The molecule has 1 aromatic rings. The number of carboxylic acid groups (broad SMARTS) is 1. The zero-order chi connectivity index (χ0) is 16.9. The van der Waals surface area contributed by atoms with Crippen molar-refractivity contribution in [1.82, 2.24) is 19.8 Å². The van der Waals surface area contributed by atoms with Gasteiger partial charge < -0.3 is 19.7 Å². The van der Waals surface area contributed by atoms with Gasteiger partial charge in [-0.2, -0.15) is 0 Å². The average Bonchev–Trinajstić information content (AvgIpc) is 3.00. The van der Waals surface area contributed by atoms with Crippen LogP contribution in [0.3, 0.4) is 0 Å². The van der Waals surface area contributed by atoms with Crippen LogP contribution in [-0.2, 0) is 20.9 Å². The van der Waals surface area contributed by atoms with E-state index in [1.165, 1.54) is 0 Å². The molecule has 1 aromatic heterocycles. The summed E-state index contributed by atoms with van der Waals surface area (Å²) in [4.78, 5) is 35.2. The van der Waals surface area contributed by atoms with Gasteiger partial charge >= 0.3 is 5.97 Å². The molecule has 1 unspecified atom stereocenters. The normalized spacial score (nSPS) is 23.8. The first kappa shape index (κ1) is 16.9. The molecule has 0 aromatic carbocycles. The summed E-state index contributed by atoms with van der Waals surface area (Å²) in [5.74, 6) is -1.38. The number of hydrogen-bond acceptors (Lipinski definition) is 5. The lowest BCUT2D eigenvalue weighted by Gasteiger charge is -2.29. The number of aliphatic carboxylic acids is 1. The van der Waals surface area contributed by atoms with E-state index in [-0.39, 0.29) is 18.4 Å². The van der Waals surface area contributed by atoms with Crippen molar-refractivity contribution in [3.05, 3.63) is 18.2 Å². The lowest BCUT2D eigenvalue weighted by atomic mass is 9.98. The largest absolute Gasteiger partial charge is 0.481 e. The number of nitrogens with zero attached hydrogens (tertiary/aromatic N) is 3. The van der Waals surface area contributed by atoms with Crippen molar-refractivity contribution in [2.45, 2.75) is 19.4 Å². The van der Waals surface area contributed by atoms with Gasteiger partial charge in [0.2, 0.25) is 5.91 Å². The Labute approximate surface area is 140 Å². The molecule has 2 saturated heterocycles. The Bertz CT molecular complexity index is 556. The van der Waals surface area contributed by atoms with E-state index in [2.05, 4.69) is 14.9 Å². The van der Waals surface area contributed by atoms with Crippen molar-refractivity contribution >= 4 is 11.9 Å². The highest BCUT2D eigenvalue weighted by Crippen LogP contribution is 2.20. The first-order chi connectivity index (χ1) is 11.6. The number of nitrogens with one attached hydrogen (secondary N) is 1. The number of rotatable bonds is 4. The molecule has 24 heavy (non-hydrogen) atoms. The Morgan fingerprint density at radius 2 is 2.04 bits per heavy atom. The highest BCUT2D eigenvalue weighted by atomic mass is 16.5. The third-order valence-corrected chi connectivity index (χ3v) is 4.79. The van der Waals surface area contributed by atoms with Crippen LogP contribution in [0.15, 0.2) is 12.5 Å². The zero-order valence-electron chi connectivity index (χ0n) is 13.7. The van der Waals surface area contributed by atoms with Crippen LogP contribution < -0.4 is 0 Å². The number of carbonyl (C=O) groups excluding carboxylic acids is 1. The number of aromatic nitrogens is 2. The van der Waals surface area contributed by atoms with Gasteiger partial charge in [-0.3, -0.25) is 14.5 Å². The van der Waals surface area contributed by atoms with Crippen LogP contribution in [0.2, 0.25) is 0 Å². The molecule has 2 N–H and O–H groups in total.